The zero-order valence-corrected chi connectivity index (χ0v) is 6.08. The highest BCUT2D eigenvalue weighted by atomic mass is 32.2. The fraction of sp³-hybridized carbons (Fsp3) is 0.667. The maximum absolute atomic E-state index is 9.90. The van der Waals surface area contributed by atoms with Gasteiger partial charge in [0.25, 0.3) is 0 Å². The van der Waals surface area contributed by atoms with Crippen LogP contribution in [-0.2, 0) is 15.1 Å². The molecule has 11 heavy (non-hydrogen) atoms. The van der Waals surface area contributed by atoms with Crippen molar-refractivity contribution < 1.29 is 28.0 Å². The summed E-state index contributed by atoms with van der Waals surface area (Å²) < 4.78 is 29.2. The molecule has 0 aromatic heterocycles. The van der Waals surface area contributed by atoms with Crippen molar-refractivity contribution >= 4 is 16.3 Å². The minimum atomic E-state index is -4.43. The topological polar surface area (TPSA) is 124 Å². The first-order valence-corrected chi connectivity index (χ1v) is 3.90. The first kappa shape index (κ1) is 10.3. The van der Waals surface area contributed by atoms with Crippen molar-refractivity contribution in [3.63, 3.8) is 0 Å². The molecule has 0 radical (unpaired) electrons. The van der Waals surface area contributed by atoms with Gasteiger partial charge in [-0.15, -0.1) is 0 Å². The fourth-order valence-corrected chi connectivity index (χ4v) is 0.640. The van der Waals surface area contributed by atoms with E-state index in [1.54, 1.807) is 0 Å². The van der Waals surface area contributed by atoms with Crippen LogP contribution in [0, 0.1) is 0 Å². The average molecular weight is 185 g/mol. The van der Waals surface area contributed by atoms with Gasteiger partial charge in [-0.3, -0.25) is 4.55 Å². The van der Waals surface area contributed by atoms with Crippen molar-refractivity contribution in [1.29, 1.82) is 0 Å². The second kappa shape index (κ2) is 3.62. The summed E-state index contributed by atoms with van der Waals surface area (Å²) in [6, 6.07) is 0. The molecule has 0 amide bonds. The summed E-state index contributed by atoms with van der Waals surface area (Å²) in [5.74, 6) is -1.57. The van der Waals surface area contributed by atoms with Crippen LogP contribution >= 0.6 is 0 Å². The van der Waals surface area contributed by atoms with E-state index >= 15 is 0 Å². The van der Waals surface area contributed by atoms with Gasteiger partial charge in [-0.05, 0) is 0 Å². The third-order valence-electron chi connectivity index (χ3n) is 0.744. The molecular formula is C3H7NO6S. The Morgan fingerprint density at radius 2 is 2.00 bits per heavy atom. The monoisotopic (exact) mass is 185 g/mol. The van der Waals surface area contributed by atoms with Crippen LogP contribution in [0.25, 0.3) is 0 Å². The van der Waals surface area contributed by atoms with Crippen LogP contribution in [0.4, 0.5) is 0 Å². The van der Waals surface area contributed by atoms with Crippen LogP contribution in [0.5, 0.6) is 0 Å². The molecule has 8 heteroatoms. The second-order valence-corrected chi connectivity index (χ2v) is 2.92. The molecule has 1 unspecified atom stereocenters. The lowest BCUT2D eigenvalue weighted by Gasteiger charge is -2.03. The van der Waals surface area contributed by atoms with Gasteiger partial charge >= 0.3 is 16.3 Å². The summed E-state index contributed by atoms with van der Waals surface area (Å²) in [5, 5.41) is 16.5. The van der Waals surface area contributed by atoms with Gasteiger partial charge in [0.15, 0.2) is 6.10 Å². The SMILES string of the molecule is O=C(O)C(O)CNS(=O)(=O)O. The molecule has 0 aliphatic carbocycles. The van der Waals surface area contributed by atoms with Gasteiger partial charge in [-0.2, -0.15) is 13.1 Å². The van der Waals surface area contributed by atoms with E-state index in [4.69, 9.17) is 14.8 Å². The number of hydrogen-bond acceptors (Lipinski definition) is 4. The number of carbonyl (C=O) groups is 1. The summed E-state index contributed by atoms with van der Waals surface area (Å²) >= 11 is 0. The number of carboxylic acids is 1. The maximum atomic E-state index is 9.90. The van der Waals surface area contributed by atoms with E-state index in [-0.39, 0.29) is 0 Å². The molecule has 0 aliphatic heterocycles. The quantitative estimate of drug-likeness (QED) is 0.369. The van der Waals surface area contributed by atoms with E-state index in [1.165, 1.54) is 4.72 Å². The summed E-state index contributed by atoms with van der Waals surface area (Å²) in [6.07, 6.45) is -1.85. The van der Waals surface area contributed by atoms with Crippen LogP contribution in [0.1, 0.15) is 0 Å². The molecular weight excluding hydrogens is 178 g/mol. The molecule has 0 aromatic carbocycles. The highest BCUT2D eigenvalue weighted by molar-refractivity contribution is 7.83. The predicted octanol–water partition coefficient (Wildman–Crippen LogP) is -2.18. The zero-order valence-electron chi connectivity index (χ0n) is 5.26. The number of aliphatic carboxylic acids is 1. The van der Waals surface area contributed by atoms with E-state index in [2.05, 4.69) is 0 Å². The Morgan fingerprint density at radius 3 is 2.27 bits per heavy atom. The van der Waals surface area contributed by atoms with Crippen LogP contribution in [-0.4, -0.2) is 41.8 Å². The van der Waals surface area contributed by atoms with Crippen molar-refractivity contribution in [3.8, 4) is 0 Å². The van der Waals surface area contributed by atoms with E-state index in [1.807, 2.05) is 0 Å². The average Bonchev–Trinajstić information content (AvgIpc) is 1.80. The lowest BCUT2D eigenvalue weighted by Crippen LogP contribution is -2.36. The maximum Gasteiger partial charge on any atom is 0.333 e. The predicted molar refractivity (Wildman–Crippen MR) is 33.2 cm³/mol. The summed E-state index contributed by atoms with van der Waals surface area (Å²) in [7, 11) is -4.43. The molecule has 4 N–H and O–H groups in total. The van der Waals surface area contributed by atoms with Gasteiger partial charge in [-0.1, -0.05) is 0 Å². The molecule has 0 rings (SSSR count). The molecule has 0 aromatic rings. The minimum absolute atomic E-state index is 0.756. The fourth-order valence-electron chi connectivity index (χ4n) is 0.272. The number of aliphatic hydroxyl groups is 1. The Bertz CT molecular complexity index is 232. The van der Waals surface area contributed by atoms with Gasteiger partial charge in [0.2, 0.25) is 0 Å². The highest BCUT2D eigenvalue weighted by Gasteiger charge is 2.15. The van der Waals surface area contributed by atoms with Gasteiger partial charge in [-0.25, -0.2) is 4.79 Å². The van der Waals surface area contributed by atoms with Crippen molar-refractivity contribution in [3.05, 3.63) is 0 Å². The molecule has 0 saturated heterocycles. The molecule has 0 spiro atoms. The Labute approximate surface area is 62.5 Å². The lowest BCUT2D eigenvalue weighted by atomic mass is 10.4. The van der Waals surface area contributed by atoms with E-state index in [0.717, 1.165) is 0 Å². The van der Waals surface area contributed by atoms with Crippen molar-refractivity contribution in [2.24, 2.45) is 0 Å². The van der Waals surface area contributed by atoms with Crippen molar-refractivity contribution in [2.75, 3.05) is 6.54 Å². The van der Waals surface area contributed by atoms with Crippen molar-refractivity contribution in [1.82, 2.24) is 4.72 Å². The number of carboxylic acid groups (broad SMARTS) is 1. The van der Waals surface area contributed by atoms with Crippen LogP contribution in [0.15, 0.2) is 0 Å². The van der Waals surface area contributed by atoms with Crippen LogP contribution in [0.3, 0.4) is 0 Å². The third-order valence-corrected chi connectivity index (χ3v) is 1.28. The third kappa shape index (κ3) is 5.73. The molecule has 66 valence electrons. The molecule has 0 heterocycles. The van der Waals surface area contributed by atoms with E-state index in [9.17, 15) is 13.2 Å². The zero-order chi connectivity index (χ0) is 9.07. The van der Waals surface area contributed by atoms with Crippen LogP contribution in [0.2, 0.25) is 0 Å². The molecule has 1 atom stereocenters. The standard InChI is InChI=1S/C3H7NO6S/c5-2(3(6)7)1-4-11(8,9)10/h2,4-5H,1H2,(H,6,7)(H,8,9,10). The van der Waals surface area contributed by atoms with Crippen LogP contribution < -0.4 is 4.72 Å². The van der Waals surface area contributed by atoms with Crippen molar-refractivity contribution in [2.45, 2.75) is 6.10 Å². The number of nitrogens with one attached hydrogen (secondary N) is 1. The largest absolute Gasteiger partial charge is 0.479 e. The Kier molecular flexibility index (Phi) is 3.39. The number of hydrogen-bond donors (Lipinski definition) is 4. The summed E-state index contributed by atoms with van der Waals surface area (Å²) in [4.78, 5) is 9.85. The number of rotatable bonds is 4. The molecule has 0 aliphatic rings. The Hall–Kier alpha value is -0.700. The van der Waals surface area contributed by atoms with Gasteiger partial charge in [0.1, 0.15) is 0 Å². The molecule has 7 nitrogen and oxygen atoms in total. The first-order chi connectivity index (χ1) is 4.83. The van der Waals surface area contributed by atoms with E-state index < -0.39 is 28.9 Å². The Morgan fingerprint density at radius 1 is 1.55 bits per heavy atom. The van der Waals surface area contributed by atoms with Gasteiger partial charge in [0, 0.05) is 6.54 Å². The minimum Gasteiger partial charge on any atom is -0.479 e. The smallest absolute Gasteiger partial charge is 0.333 e. The normalized spacial score (nSPS) is 14.4. The second-order valence-electron chi connectivity index (χ2n) is 1.68. The van der Waals surface area contributed by atoms with Gasteiger partial charge < -0.3 is 10.2 Å². The number of aliphatic hydroxyl groups excluding tert-OH is 1. The van der Waals surface area contributed by atoms with Gasteiger partial charge in [0.05, 0.1) is 0 Å². The molecule has 0 fully saturated rings. The summed E-state index contributed by atoms with van der Waals surface area (Å²) in [5.41, 5.74) is 0. The first-order valence-electron chi connectivity index (χ1n) is 2.46. The lowest BCUT2D eigenvalue weighted by molar-refractivity contribution is -0.146. The summed E-state index contributed by atoms with van der Waals surface area (Å²) in [6.45, 7) is -0.756. The Balaban J connectivity index is 3.82. The molecule has 0 saturated carbocycles. The molecule has 0 bridgehead atoms. The van der Waals surface area contributed by atoms with E-state index in [0.29, 0.717) is 0 Å². The highest BCUT2D eigenvalue weighted by Crippen LogP contribution is 1.81.